The molecule has 2 nitrogen and oxygen atoms in total. The molecule has 0 spiro atoms. The van der Waals surface area contributed by atoms with Crippen LogP contribution in [0.25, 0.3) is 0 Å². The highest BCUT2D eigenvalue weighted by atomic mass is 79.9. The molecule has 0 atom stereocenters. The number of nitrogens with one attached hydrogen (secondary N) is 1. The van der Waals surface area contributed by atoms with E-state index in [0.29, 0.717) is 6.04 Å². The maximum Gasteiger partial charge on any atom is 0.0701 e. The molecule has 0 aromatic carbocycles. The molecule has 0 bridgehead atoms. The predicted molar refractivity (Wildman–Crippen MR) is 60.1 cm³/mol. The first-order valence-electron chi connectivity index (χ1n) is 4.40. The number of hydrogen-bond acceptors (Lipinski definition) is 3. The largest absolute Gasteiger partial charge is 0.307 e. The Morgan fingerprint density at radius 3 is 2.92 bits per heavy atom. The fourth-order valence-electron chi connectivity index (χ4n) is 1.52. The lowest BCUT2D eigenvalue weighted by atomic mass is 10.1. The second-order valence-electron chi connectivity index (χ2n) is 3.50. The molecule has 0 radical (unpaired) electrons. The average molecular weight is 261 g/mol. The number of likely N-dealkylation sites (N-methyl/N-ethyl adjacent to an activating group) is 1. The summed E-state index contributed by atoms with van der Waals surface area (Å²) in [4.78, 5) is 3.73. The number of likely N-dealkylation sites (tertiary alicyclic amines) is 1. The van der Waals surface area contributed by atoms with Gasteiger partial charge in [-0.15, -0.1) is 11.3 Å². The summed E-state index contributed by atoms with van der Waals surface area (Å²) in [7, 11) is 2.15. The van der Waals surface area contributed by atoms with Crippen LogP contribution in [-0.4, -0.2) is 31.1 Å². The second kappa shape index (κ2) is 4.09. The monoisotopic (exact) mass is 260 g/mol. The smallest absolute Gasteiger partial charge is 0.0701 e. The molecule has 1 saturated heterocycles. The second-order valence-corrected chi connectivity index (χ2v) is 6.05. The zero-order chi connectivity index (χ0) is 9.26. The number of halogens is 1. The van der Waals surface area contributed by atoms with Crippen LogP contribution >= 0.6 is 27.3 Å². The van der Waals surface area contributed by atoms with Gasteiger partial charge in [0.25, 0.3) is 0 Å². The first kappa shape index (κ1) is 9.65. The summed E-state index contributed by atoms with van der Waals surface area (Å²) in [6.07, 6.45) is 0. The van der Waals surface area contributed by atoms with Crippen LogP contribution in [0.3, 0.4) is 0 Å². The molecular formula is C9H13BrN2S. The highest BCUT2D eigenvalue weighted by molar-refractivity contribution is 9.11. The molecule has 72 valence electrons. The van der Waals surface area contributed by atoms with Crippen LogP contribution in [0.1, 0.15) is 4.88 Å². The van der Waals surface area contributed by atoms with Crippen molar-refractivity contribution in [3.05, 3.63) is 20.8 Å². The van der Waals surface area contributed by atoms with Gasteiger partial charge in [0.2, 0.25) is 0 Å². The van der Waals surface area contributed by atoms with Crippen LogP contribution in [0.5, 0.6) is 0 Å². The lowest BCUT2D eigenvalue weighted by Crippen LogP contribution is -2.55. The summed E-state index contributed by atoms with van der Waals surface area (Å²) in [5.74, 6) is 0. The van der Waals surface area contributed by atoms with E-state index in [9.17, 15) is 0 Å². The number of nitrogens with zero attached hydrogens (tertiary/aromatic N) is 1. The Morgan fingerprint density at radius 1 is 1.62 bits per heavy atom. The molecule has 1 N–H and O–H groups in total. The van der Waals surface area contributed by atoms with Gasteiger partial charge in [0.15, 0.2) is 0 Å². The van der Waals surface area contributed by atoms with Crippen molar-refractivity contribution in [3.8, 4) is 0 Å². The minimum atomic E-state index is 0.700. The van der Waals surface area contributed by atoms with Crippen LogP contribution < -0.4 is 5.32 Å². The topological polar surface area (TPSA) is 15.3 Å². The van der Waals surface area contributed by atoms with E-state index in [1.807, 2.05) is 0 Å². The van der Waals surface area contributed by atoms with Crippen LogP contribution in [0.4, 0.5) is 0 Å². The molecule has 1 aliphatic heterocycles. The van der Waals surface area contributed by atoms with Gasteiger partial charge in [-0.05, 0) is 35.1 Å². The molecule has 2 rings (SSSR count). The highest BCUT2D eigenvalue weighted by Gasteiger charge is 2.21. The van der Waals surface area contributed by atoms with Crippen molar-refractivity contribution in [2.24, 2.45) is 0 Å². The lowest BCUT2D eigenvalue weighted by molar-refractivity contribution is 0.161. The number of rotatable bonds is 3. The van der Waals surface area contributed by atoms with Gasteiger partial charge in [-0.3, -0.25) is 0 Å². The van der Waals surface area contributed by atoms with Gasteiger partial charge in [-0.25, -0.2) is 0 Å². The van der Waals surface area contributed by atoms with Crippen molar-refractivity contribution in [2.45, 2.75) is 12.6 Å². The summed E-state index contributed by atoms with van der Waals surface area (Å²) in [6.45, 7) is 3.38. The Bertz CT molecular complexity index is 281. The van der Waals surface area contributed by atoms with Crippen molar-refractivity contribution in [2.75, 3.05) is 20.1 Å². The molecule has 1 aromatic heterocycles. The maximum atomic E-state index is 3.53. The van der Waals surface area contributed by atoms with Gasteiger partial charge in [0, 0.05) is 30.6 Å². The van der Waals surface area contributed by atoms with Gasteiger partial charge in [-0.1, -0.05) is 0 Å². The lowest BCUT2D eigenvalue weighted by Gasteiger charge is -2.36. The summed E-state index contributed by atoms with van der Waals surface area (Å²) >= 11 is 5.27. The van der Waals surface area contributed by atoms with Crippen molar-refractivity contribution < 1.29 is 0 Å². The highest BCUT2D eigenvalue weighted by Crippen LogP contribution is 2.22. The first-order chi connectivity index (χ1) is 6.24. The van der Waals surface area contributed by atoms with E-state index in [1.165, 1.54) is 21.8 Å². The molecule has 1 fully saturated rings. The summed E-state index contributed by atoms with van der Waals surface area (Å²) in [5, 5.41) is 3.53. The molecule has 0 amide bonds. The van der Waals surface area contributed by atoms with Crippen molar-refractivity contribution in [1.82, 2.24) is 10.2 Å². The minimum Gasteiger partial charge on any atom is -0.307 e. The Morgan fingerprint density at radius 2 is 2.38 bits per heavy atom. The molecule has 0 aliphatic carbocycles. The standard InChI is InChI=1S/C9H13BrN2S/c1-12-5-7(6-12)11-4-8-2-3-9(10)13-8/h2-3,7,11H,4-6H2,1H3. The SMILES string of the molecule is CN1CC(NCc2ccc(Br)s2)C1. The third kappa shape index (κ3) is 2.53. The fraction of sp³-hybridized carbons (Fsp3) is 0.556. The van der Waals surface area contributed by atoms with E-state index >= 15 is 0 Å². The molecule has 1 aliphatic rings. The normalized spacial score (nSPS) is 18.9. The van der Waals surface area contributed by atoms with Crippen molar-refractivity contribution >= 4 is 27.3 Å². The summed E-state index contributed by atoms with van der Waals surface area (Å²) < 4.78 is 1.22. The molecule has 13 heavy (non-hydrogen) atoms. The predicted octanol–water partition coefficient (Wildman–Crippen LogP) is 1.91. The van der Waals surface area contributed by atoms with E-state index in [4.69, 9.17) is 0 Å². The Balaban J connectivity index is 1.74. The average Bonchev–Trinajstić information content (AvgIpc) is 2.43. The third-order valence-corrected chi connectivity index (χ3v) is 3.88. The van der Waals surface area contributed by atoms with E-state index in [0.717, 1.165) is 6.54 Å². The van der Waals surface area contributed by atoms with E-state index in [2.05, 4.69) is 45.3 Å². The molecule has 4 heteroatoms. The van der Waals surface area contributed by atoms with Crippen LogP contribution in [0, 0.1) is 0 Å². The zero-order valence-electron chi connectivity index (χ0n) is 7.59. The molecule has 1 aromatic rings. The van der Waals surface area contributed by atoms with Gasteiger partial charge in [0.1, 0.15) is 0 Å². The molecular weight excluding hydrogens is 248 g/mol. The number of hydrogen-bond donors (Lipinski definition) is 1. The minimum absolute atomic E-state index is 0.700. The fourth-order valence-corrected chi connectivity index (χ4v) is 2.95. The van der Waals surface area contributed by atoms with Crippen molar-refractivity contribution in [1.29, 1.82) is 0 Å². The Labute approximate surface area is 91.1 Å². The van der Waals surface area contributed by atoms with Crippen molar-refractivity contribution in [3.63, 3.8) is 0 Å². The molecule has 2 heterocycles. The summed E-state index contributed by atoms with van der Waals surface area (Å²) in [5.41, 5.74) is 0. The van der Waals surface area contributed by atoms with Crippen LogP contribution in [0.15, 0.2) is 15.9 Å². The quantitative estimate of drug-likeness (QED) is 0.894. The van der Waals surface area contributed by atoms with Gasteiger partial charge >= 0.3 is 0 Å². The summed E-state index contributed by atoms with van der Waals surface area (Å²) in [6, 6.07) is 4.98. The Kier molecular flexibility index (Phi) is 3.03. The van der Waals surface area contributed by atoms with Gasteiger partial charge in [-0.2, -0.15) is 0 Å². The van der Waals surface area contributed by atoms with E-state index < -0.39 is 0 Å². The Hall–Kier alpha value is 0.1000. The molecule has 0 saturated carbocycles. The van der Waals surface area contributed by atoms with Gasteiger partial charge in [0.05, 0.1) is 3.79 Å². The number of thiophene rings is 1. The van der Waals surface area contributed by atoms with Crippen LogP contribution in [0.2, 0.25) is 0 Å². The van der Waals surface area contributed by atoms with E-state index in [1.54, 1.807) is 11.3 Å². The zero-order valence-corrected chi connectivity index (χ0v) is 9.99. The first-order valence-corrected chi connectivity index (χ1v) is 6.01. The van der Waals surface area contributed by atoms with Crippen LogP contribution in [-0.2, 0) is 6.54 Å². The van der Waals surface area contributed by atoms with E-state index in [-0.39, 0.29) is 0 Å². The third-order valence-electron chi connectivity index (χ3n) is 2.26. The molecule has 0 unspecified atom stereocenters. The maximum absolute atomic E-state index is 3.53. The van der Waals surface area contributed by atoms with Gasteiger partial charge < -0.3 is 10.2 Å².